The second-order valence-corrected chi connectivity index (χ2v) is 4.80. The van der Waals surface area contributed by atoms with Crippen molar-refractivity contribution < 1.29 is 4.74 Å². The van der Waals surface area contributed by atoms with Gasteiger partial charge in [0.05, 0.1) is 12.6 Å². The molecule has 0 spiro atoms. The van der Waals surface area contributed by atoms with Gasteiger partial charge in [-0.2, -0.15) is 0 Å². The van der Waals surface area contributed by atoms with Gasteiger partial charge in [0.2, 0.25) is 0 Å². The number of hydrogen-bond acceptors (Lipinski definition) is 2. The zero-order chi connectivity index (χ0) is 13.2. The van der Waals surface area contributed by atoms with E-state index in [1.165, 1.54) is 5.56 Å². The van der Waals surface area contributed by atoms with E-state index in [1.807, 2.05) is 37.3 Å². The van der Waals surface area contributed by atoms with Gasteiger partial charge in [0.25, 0.3) is 0 Å². The van der Waals surface area contributed by atoms with Crippen molar-refractivity contribution in [3.63, 3.8) is 0 Å². The molecule has 0 heterocycles. The molecule has 18 heavy (non-hydrogen) atoms. The maximum atomic E-state index is 6.50. The van der Waals surface area contributed by atoms with Gasteiger partial charge in [-0.15, -0.1) is 0 Å². The minimum atomic E-state index is -0.513. The Bertz CT molecular complexity index is 546. The first-order valence-electron chi connectivity index (χ1n) is 6.04. The van der Waals surface area contributed by atoms with Gasteiger partial charge in [-0.25, -0.2) is 0 Å². The Morgan fingerprint density at radius 1 is 1.00 bits per heavy atom. The number of benzene rings is 2. The fraction of sp³-hybridized carbons (Fsp3) is 0.250. The van der Waals surface area contributed by atoms with E-state index in [1.54, 1.807) is 7.11 Å². The van der Waals surface area contributed by atoms with Crippen LogP contribution in [0, 0.1) is 6.92 Å². The lowest BCUT2D eigenvalue weighted by Crippen LogP contribution is -2.34. The smallest absolute Gasteiger partial charge is 0.119 e. The van der Waals surface area contributed by atoms with Crippen LogP contribution >= 0.6 is 0 Å². The molecular formula is C16H19NO. The van der Waals surface area contributed by atoms with Crippen LogP contribution in [0.5, 0.6) is 5.75 Å². The summed E-state index contributed by atoms with van der Waals surface area (Å²) in [4.78, 5) is 0. The highest BCUT2D eigenvalue weighted by Gasteiger charge is 2.24. The SMILES string of the molecule is COc1cccc(C(C)(N)c2cccc(C)c2)c1. The maximum Gasteiger partial charge on any atom is 0.119 e. The van der Waals surface area contributed by atoms with Crippen LogP contribution in [0.3, 0.4) is 0 Å². The Balaban J connectivity index is 2.46. The second kappa shape index (κ2) is 4.83. The third kappa shape index (κ3) is 2.39. The number of nitrogens with two attached hydrogens (primary N) is 1. The third-order valence-corrected chi connectivity index (χ3v) is 3.29. The normalized spacial score (nSPS) is 14.0. The van der Waals surface area contributed by atoms with Gasteiger partial charge in [0.1, 0.15) is 5.75 Å². The summed E-state index contributed by atoms with van der Waals surface area (Å²) in [5.41, 5.74) is 9.35. The quantitative estimate of drug-likeness (QED) is 0.895. The van der Waals surface area contributed by atoms with Crippen molar-refractivity contribution in [2.24, 2.45) is 5.73 Å². The molecule has 0 saturated heterocycles. The average molecular weight is 241 g/mol. The Morgan fingerprint density at radius 3 is 2.22 bits per heavy atom. The zero-order valence-electron chi connectivity index (χ0n) is 11.1. The van der Waals surface area contributed by atoms with E-state index in [2.05, 4.69) is 25.1 Å². The number of methoxy groups -OCH3 is 1. The summed E-state index contributed by atoms with van der Waals surface area (Å²) >= 11 is 0. The topological polar surface area (TPSA) is 35.2 Å². The van der Waals surface area contributed by atoms with Crippen LogP contribution in [0.1, 0.15) is 23.6 Å². The Morgan fingerprint density at radius 2 is 1.61 bits per heavy atom. The zero-order valence-corrected chi connectivity index (χ0v) is 11.1. The predicted molar refractivity (Wildman–Crippen MR) is 74.8 cm³/mol. The highest BCUT2D eigenvalue weighted by atomic mass is 16.5. The number of aryl methyl sites for hydroxylation is 1. The van der Waals surface area contributed by atoms with E-state index in [-0.39, 0.29) is 0 Å². The largest absolute Gasteiger partial charge is 0.497 e. The molecule has 1 unspecified atom stereocenters. The maximum absolute atomic E-state index is 6.50. The van der Waals surface area contributed by atoms with Gasteiger partial charge in [-0.1, -0.05) is 42.0 Å². The highest BCUT2D eigenvalue weighted by Crippen LogP contribution is 2.29. The summed E-state index contributed by atoms with van der Waals surface area (Å²) in [6, 6.07) is 16.2. The van der Waals surface area contributed by atoms with Crippen molar-refractivity contribution in [1.82, 2.24) is 0 Å². The lowest BCUT2D eigenvalue weighted by Gasteiger charge is -2.26. The monoisotopic (exact) mass is 241 g/mol. The van der Waals surface area contributed by atoms with Gasteiger partial charge in [0, 0.05) is 0 Å². The van der Waals surface area contributed by atoms with Crippen molar-refractivity contribution in [1.29, 1.82) is 0 Å². The van der Waals surface area contributed by atoms with Crippen LogP contribution in [0.4, 0.5) is 0 Å². The molecule has 2 N–H and O–H groups in total. The molecule has 2 aromatic carbocycles. The first kappa shape index (κ1) is 12.7. The molecule has 0 aliphatic carbocycles. The van der Waals surface area contributed by atoms with E-state index in [0.29, 0.717) is 0 Å². The molecule has 0 bridgehead atoms. The number of hydrogen-bond donors (Lipinski definition) is 1. The van der Waals surface area contributed by atoms with Crippen molar-refractivity contribution >= 4 is 0 Å². The molecule has 0 aromatic heterocycles. The fourth-order valence-corrected chi connectivity index (χ4v) is 2.08. The summed E-state index contributed by atoms with van der Waals surface area (Å²) in [6.07, 6.45) is 0. The third-order valence-electron chi connectivity index (χ3n) is 3.29. The minimum Gasteiger partial charge on any atom is -0.497 e. The van der Waals surface area contributed by atoms with Gasteiger partial charge in [0.15, 0.2) is 0 Å². The van der Waals surface area contributed by atoms with E-state index in [4.69, 9.17) is 10.5 Å². The second-order valence-electron chi connectivity index (χ2n) is 4.80. The van der Waals surface area contributed by atoms with Crippen molar-refractivity contribution in [2.45, 2.75) is 19.4 Å². The molecule has 0 fully saturated rings. The summed E-state index contributed by atoms with van der Waals surface area (Å²) < 4.78 is 5.25. The molecule has 1 atom stereocenters. The van der Waals surface area contributed by atoms with Crippen molar-refractivity contribution in [3.05, 3.63) is 65.2 Å². The molecule has 0 amide bonds. The van der Waals surface area contributed by atoms with E-state index >= 15 is 0 Å². The average Bonchev–Trinajstić information content (AvgIpc) is 2.39. The Hall–Kier alpha value is -1.80. The van der Waals surface area contributed by atoms with Crippen LogP contribution < -0.4 is 10.5 Å². The van der Waals surface area contributed by atoms with Crippen molar-refractivity contribution in [3.8, 4) is 5.75 Å². The van der Waals surface area contributed by atoms with Gasteiger partial charge in [-0.05, 0) is 37.1 Å². The molecule has 0 radical (unpaired) electrons. The standard InChI is InChI=1S/C16H19NO/c1-12-6-4-7-13(10-12)16(2,17)14-8-5-9-15(11-14)18-3/h4-11H,17H2,1-3H3. The first-order chi connectivity index (χ1) is 8.54. The molecular weight excluding hydrogens is 222 g/mol. The fourth-order valence-electron chi connectivity index (χ4n) is 2.08. The van der Waals surface area contributed by atoms with Crippen LogP contribution in [0.2, 0.25) is 0 Å². The molecule has 2 nitrogen and oxygen atoms in total. The summed E-state index contributed by atoms with van der Waals surface area (Å²) in [5, 5.41) is 0. The number of ether oxygens (including phenoxy) is 1. The lowest BCUT2D eigenvalue weighted by molar-refractivity contribution is 0.413. The minimum absolute atomic E-state index is 0.513. The molecule has 2 rings (SSSR count). The molecule has 0 saturated carbocycles. The number of rotatable bonds is 3. The molecule has 94 valence electrons. The van der Waals surface area contributed by atoms with Crippen LogP contribution in [-0.2, 0) is 5.54 Å². The predicted octanol–water partition coefficient (Wildman–Crippen LogP) is 3.23. The summed E-state index contributed by atoms with van der Waals surface area (Å²) in [5.74, 6) is 0.830. The van der Waals surface area contributed by atoms with Gasteiger partial charge >= 0.3 is 0 Å². The van der Waals surface area contributed by atoms with E-state index < -0.39 is 5.54 Å². The van der Waals surface area contributed by atoms with Gasteiger partial charge < -0.3 is 10.5 Å². The molecule has 2 aromatic rings. The Kier molecular flexibility index (Phi) is 3.39. The molecule has 0 aliphatic rings. The molecule has 2 heteroatoms. The lowest BCUT2D eigenvalue weighted by atomic mass is 9.85. The van der Waals surface area contributed by atoms with E-state index in [9.17, 15) is 0 Å². The summed E-state index contributed by atoms with van der Waals surface area (Å²) in [7, 11) is 1.67. The highest BCUT2D eigenvalue weighted by molar-refractivity contribution is 5.41. The van der Waals surface area contributed by atoms with Crippen LogP contribution in [0.15, 0.2) is 48.5 Å². The Labute approximate surface area is 108 Å². The van der Waals surface area contributed by atoms with Gasteiger partial charge in [-0.3, -0.25) is 0 Å². The van der Waals surface area contributed by atoms with Crippen molar-refractivity contribution in [2.75, 3.05) is 7.11 Å². The first-order valence-corrected chi connectivity index (χ1v) is 6.04. The summed E-state index contributed by atoms with van der Waals surface area (Å²) in [6.45, 7) is 4.10. The van der Waals surface area contributed by atoms with E-state index in [0.717, 1.165) is 16.9 Å². The van der Waals surface area contributed by atoms with Crippen LogP contribution in [-0.4, -0.2) is 7.11 Å². The molecule has 0 aliphatic heterocycles. The van der Waals surface area contributed by atoms with Crippen LogP contribution in [0.25, 0.3) is 0 Å².